The topological polar surface area (TPSA) is 53.3 Å². The lowest BCUT2D eigenvalue weighted by Gasteiger charge is -2.30. The molecule has 94 valence electrons. The molecule has 0 bridgehead atoms. The van der Waals surface area contributed by atoms with Gasteiger partial charge < -0.3 is 9.64 Å². The van der Waals surface area contributed by atoms with E-state index in [-0.39, 0.29) is 18.0 Å². The number of hydrogen-bond donors (Lipinski definition) is 0. The van der Waals surface area contributed by atoms with Crippen molar-refractivity contribution in [1.29, 1.82) is 5.26 Å². The monoisotopic (exact) mass is 312 g/mol. The van der Waals surface area contributed by atoms with Crippen LogP contribution in [0.15, 0.2) is 22.7 Å². The first-order valence-electron chi connectivity index (χ1n) is 5.37. The first-order valence-corrected chi connectivity index (χ1v) is 6.16. The SMILES string of the molecule is N#CC1CN(C(=O)c2cc(F)ccc2Br)CCO1. The predicted octanol–water partition coefficient (Wildman–Crippen LogP) is 1.95. The molecular weight excluding hydrogens is 303 g/mol. The molecule has 0 aromatic heterocycles. The number of hydrogen-bond acceptors (Lipinski definition) is 3. The molecule has 0 radical (unpaired) electrons. The van der Waals surface area contributed by atoms with Crippen molar-refractivity contribution in [1.82, 2.24) is 4.90 Å². The van der Waals surface area contributed by atoms with E-state index in [1.807, 2.05) is 6.07 Å². The van der Waals surface area contributed by atoms with Gasteiger partial charge >= 0.3 is 0 Å². The Morgan fingerprint density at radius 2 is 2.39 bits per heavy atom. The molecule has 1 saturated heterocycles. The second-order valence-electron chi connectivity index (χ2n) is 3.86. The number of rotatable bonds is 1. The highest BCUT2D eigenvalue weighted by molar-refractivity contribution is 9.10. The summed E-state index contributed by atoms with van der Waals surface area (Å²) in [4.78, 5) is 13.7. The maximum atomic E-state index is 13.1. The van der Waals surface area contributed by atoms with E-state index in [9.17, 15) is 9.18 Å². The van der Waals surface area contributed by atoms with E-state index in [2.05, 4.69) is 15.9 Å². The molecule has 2 rings (SSSR count). The lowest BCUT2D eigenvalue weighted by molar-refractivity contribution is 0.00341. The van der Waals surface area contributed by atoms with Gasteiger partial charge in [-0.15, -0.1) is 0 Å². The number of carbonyl (C=O) groups is 1. The van der Waals surface area contributed by atoms with Crippen LogP contribution in [0.2, 0.25) is 0 Å². The van der Waals surface area contributed by atoms with E-state index in [4.69, 9.17) is 10.00 Å². The molecular formula is C12H10BrFN2O2. The van der Waals surface area contributed by atoms with E-state index < -0.39 is 11.9 Å². The van der Waals surface area contributed by atoms with Crippen LogP contribution >= 0.6 is 15.9 Å². The zero-order valence-electron chi connectivity index (χ0n) is 9.40. The highest BCUT2D eigenvalue weighted by Gasteiger charge is 2.26. The van der Waals surface area contributed by atoms with Crippen LogP contribution in [-0.2, 0) is 4.74 Å². The first-order chi connectivity index (χ1) is 8.61. The molecule has 4 nitrogen and oxygen atoms in total. The molecule has 0 saturated carbocycles. The van der Waals surface area contributed by atoms with Gasteiger partial charge in [-0.2, -0.15) is 5.26 Å². The predicted molar refractivity (Wildman–Crippen MR) is 65.4 cm³/mol. The molecule has 6 heteroatoms. The summed E-state index contributed by atoms with van der Waals surface area (Å²) in [6, 6.07) is 5.92. The normalized spacial score (nSPS) is 19.4. The molecule has 1 amide bonds. The second kappa shape index (κ2) is 5.46. The van der Waals surface area contributed by atoms with E-state index >= 15 is 0 Å². The summed E-state index contributed by atoms with van der Waals surface area (Å²) in [6.45, 7) is 0.926. The van der Waals surface area contributed by atoms with Gasteiger partial charge in [0.2, 0.25) is 0 Å². The quantitative estimate of drug-likeness (QED) is 0.796. The molecule has 18 heavy (non-hydrogen) atoms. The van der Waals surface area contributed by atoms with Gasteiger partial charge in [-0.05, 0) is 34.1 Å². The highest BCUT2D eigenvalue weighted by atomic mass is 79.9. The van der Waals surface area contributed by atoms with Crippen LogP contribution in [0.5, 0.6) is 0 Å². The van der Waals surface area contributed by atoms with Crippen molar-refractivity contribution in [3.8, 4) is 6.07 Å². The van der Waals surface area contributed by atoms with Crippen LogP contribution in [0.4, 0.5) is 4.39 Å². The number of benzene rings is 1. The summed E-state index contributed by atoms with van der Waals surface area (Å²) in [5.41, 5.74) is 0.258. The standard InChI is InChI=1S/C12H10BrFN2O2/c13-11-2-1-8(14)5-10(11)12(17)16-3-4-18-9(6-15)7-16/h1-2,5,9H,3-4,7H2. The van der Waals surface area contributed by atoms with Crippen LogP contribution in [0, 0.1) is 17.1 Å². The van der Waals surface area contributed by atoms with Crippen LogP contribution < -0.4 is 0 Å². The molecule has 0 N–H and O–H groups in total. The summed E-state index contributed by atoms with van der Waals surface area (Å²) in [5.74, 6) is -0.767. The number of halogens is 2. The Balaban J connectivity index is 2.21. The third-order valence-corrected chi connectivity index (χ3v) is 3.35. The van der Waals surface area contributed by atoms with Crippen molar-refractivity contribution in [2.75, 3.05) is 19.7 Å². The van der Waals surface area contributed by atoms with Crippen LogP contribution in [0.3, 0.4) is 0 Å². The van der Waals surface area contributed by atoms with Gasteiger partial charge in [0.25, 0.3) is 5.91 Å². The van der Waals surface area contributed by atoms with Gasteiger partial charge in [0.1, 0.15) is 5.82 Å². The maximum absolute atomic E-state index is 13.1. The van der Waals surface area contributed by atoms with Crippen molar-refractivity contribution in [2.45, 2.75) is 6.10 Å². The van der Waals surface area contributed by atoms with Crippen molar-refractivity contribution < 1.29 is 13.9 Å². The van der Waals surface area contributed by atoms with Gasteiger partial charge in [-0.3, -0.25) is 4.79 Å². The lowest BCUT2D eigenvalue weighted by Crippen LogP contribution is -2.45. The van der Waals surface area contributed by atoms with Gasteiger partial charge in [0, 0.05) is 11.0 Å². The van der Waals surface area contributed by atoms with Crippen molar-refractivity contribution in [3.63, 3.8) is 0 Å². The number of nitriles is 1. The summed E-state index contributed by atoms with van der Waals surface area (Å²) in [6.07, 6.45) is -0.616. The Labute approximate surface area is 112 Å². The number of carbonyl (C=O) groups excluding carboxylic acids is 1. The molecule has 1 heterocycles. The Bertz CT molecular complexity index is 515. The van der Waals surface area contributed by atoms with E-state index in [1.54, 1.807) is 0 Å². The molecule has 1 aliphatic heterocycles. The summed E-state index contributed by atoms with van der Waals surface area (Å²) >= 11 is 3.22. The Hall–Kier alpha value is -1.45. The lowest BCUT2D eigenvalue weighted by atomic mass is 10.1. The van der Waals surface area contributed by atoms with Gasteiger partial charge in [-0.25, -0.2) is 4.39 Å². The molecule has 1 aliphatic rings. The molecule has 1 aromatic carbocycles. The summed E-state index contributed by atoms with van der Waals surface area (Å²) in [5, 5.41) is 8.78. The second-order valence-corrected chi connectivity index (χ2v) is 4.72. The van der Waals surface area contributed by atoms with E-state index in [1.165, 1.54) is 23.1 Å². The number of amides is 1. The number of ether oxygens (including phenoxy) is 1. The smallest absolute Gasteiger partial charge is 0.255 e. The van der Waals surface area contributed by atoms with Crippen LogP contribution in [-0.4, -0.2) is 36.6 Å². The molecule has 1 atom stereocenters. The maximum Gasteiger partial charge on any atom is 0.255 e. The fourth-order valence-corrected chi connectivity index (χ4v) is 2.16. The fourth-order valence-electron chi connectivity index (χ4n) is 1.74. The minimum atomic E-state index is -0.616. The third-order valence-electron chi connectivity index (χ3n) is 2.66. The van der Waals surface area contributed by atoms with Gasteiger partial charge in [-0.1, -0.05) is 0 Å². The summed E-state index contributed by atoms with van der Waals surface area (Å²) < 4.78 is 18.8. The molecule has 1 unspecified atom stereocenters. The average Bonchev–Trinajstić information content (AvgIpc) is 2.41. The van der Waals surface area contributed by atoms with Crippen molar-refractivity contribution in [3.05, 3.63) is 34.1 Å². The molecule has 0 spiro atoms. The van der Waals surface area contributed by atoms with E-state index in [0.29, 0.717) is 17.6 Å². The van der Waals surface area contributed by atoms with Crippen molar-refractivity contribution in [2.24, 2.45) is 0 Å². The molecule has 0 aliphatic carbocycles. The van der Waals surface area contributed by atoms with Gasteiger partial charge in [0.05, 0.1) is 24.8 Å². The largest absolute Gasteiger partial charge is 0.360 e. The van der Waals surface area contributed by atoms with Gasteiger partial charge in [0.15, 0.2) is 6.10 Å². The highest BCUT2D eigenvalue weighted by Crippen LogP contribution is 2.20. The Kier molecular flexibility index (Phi) is 3.94. The Morgan fingerprint density at radius 3 is 3.11 bits per heavy atom. The number of nitrogens with zero attached hydrogens (tertiary/aromatic N) is 2. The van der Waals surface area contributed by atoms with E-state index in [0.717, 1.165) is 0 Å². The number of morpholine rings is 1. The van der Waals surface area contributed by atoms with Crippen LogP contribution in [0.1, 0.15) is 10.4 Å². The zero-order chi connectivity index (χ0) is 13.1. The zero-order valence-corrected chi connectivity index (χ0v) is 11.0. The fraction of sp³-hybridized carbons (Fsp3) is 0.333. The molecule has 1 aromatic rings. The first kappa shape index (κ1) is 13.0. The molecule has 1 fully saturated rings. The van der Waals surface area contributed by atoms with Crippen molar-refractivity contribution >= 4 is 21.8 Å². The Morgan fingerprint density at radius 1 is 1.61 bits per heavy atom. The minimum absolute atomic E-state index is 0.207. The third kappa shape index (κ3) is 2.68. The summed E-state index contributed by atoms with van der Waals surface area (Å²) in [7, 11) is 0. The average molecular weight is 313 g/mol. The van der Waals surface area contributed by atoms with Crippen LogP contribution in [0.25, 0.3) is 0 Å². The minimum Gasteiger partial charge on any atom is -0.360 e.